The average Bonchev–Trinajstić information content (AvgIpc) is 3.07. The lowest BCUT2D eigenvalue weighted by molar-refractivity contribution is 0.121. The van der Waals surface area contributed by atoms with E-state index in [0.29, 0.717) is 43.5 Å². The van der Waals surface area contributed by atoms with E-state index in [1.807, 2.05) is 6.92 Å². The number of anilines is 2. The van der Waals surface area contributed by atoms with Crippen LogP contribution in [-0.4, -0.2) is 77.8 Å². The monoisotopic (exact) mass is 381 g/mol. The van der Waals surface area contributed by atoms with Crippen LogP contribution in [0.5, 0.6) is 0 Å². The molecule has 25 heavy (non-hydrogen) atoms. The molecule has 2 saturated heterocycles. The third-order valence-corrected chi connectivity index (χ3v) is 5.62. The van der Waals surface area contributed by atoms with Gasteiger partial charge >= 0.3 is 0 Å². The lowest BCUT2D eigenvalue weighted by Gasteiger charge is -2.30. The van der Waals surface area contributed by atoms with E-state index in [4.69, 9.17) is 14.5 Å². The zero-order chi connectivity index (χ0) is 17.1. The van der Waals surface area contributed by atoms with Gasteiger partial charge in [-0.2, -0.15) is 15.0 Å². The summed E-state index contributed by atoms with van der Waals surface area (Å²) < 4.78 is 11.7. The van der Waals surface area contributed by atoms with E-state index >= 15 is 0 Å². The number of morpholine rings is 2. The normalized spacial score (nSPS) is 18.6. The fraction of sp³-hybridized carbons (Fsp3) is 0.643. The van der Waals surface area contributed by atoms with Gasteiger partial charge in [0.15, 0.2) is 4.34 Å². The van der Waals surface area contributed by atoms with Gasteiger partial charge in [0.25, 0.3) is 0 Å². The Bertz CT molecular complexity index is 681. The van der Waals surface area contributed by atoms with Gasteiger partial charge in [-0.1, -0.05) is 11.3 Å². The summed E-state index contributed by atoms with van der Waals surface area (Å²) in [5.41, 5.74) is 0. The summed E-state index contributed by atoms with van der Waals surface area (Å²) in [6.45, 7) is 7.85. The summed E-state index contributed by atoms with van der Waals surface area (Å²) in [5.74, 6) is 1.40. The van der Waals surface area contributed by atoms with Gasteiger partial charge in [-0.05, 0) is 18.7 Å². The first-order valence-electron chi connectivity index (χ1n) is 8.17. The van der Waals surface area contributed by atoms with Crippen molar-refractivity contribution < 1.29 is 9.47 Å². The molecule has 0 saturated carbocycles. The molecule has 2 aliphatic rings. The highest BCUT2D eigenvalue weighted by Crippen LogP contribution is 2.29. The van der Waals surface area contributed by atoms with Gasteiger partial charge in [0.2, 0.25) is 17.1 Å². The van der Waals surface area contributed by atoms with E-state index in [0.717, 1.165) is 35.5 Å². The van der Waals surface area contributed by atoms with Gasteiger partial charge in [-0.3, -0.25) is 0 Å². The number of hydrogen-bond acceptors (Lipinski definition) is 11. The van der Waals surface area contributed by atoms with Crippen molar-refractivity contribution in [3.8, 4) is 0 Å². The van der Waals surface area contributed by atoms with Crippen LogP contribution in [0.25, 0.3) is 0 Å². The van der Waals surface area contributed by atoms with Crippen LogP contribution in [0.15, 0.2) is 9.50 Å². The molecule has 4 rings (SSSR count). The molecule has 134 valence electrons. The molecular weight excluding hydrogens is 362 g/mol. The molecule has 2 fully saturated rings. The second-order valence-electron chi connectivity index (χ2n) is 5.61. The summed E-state index contributed by atoms with van der Waals surface area (Å²) in [6.07, 6.45) is 0. The highest BCUT2D eigenvalue weighted by atomic mass is 32.2. The molecule has 0 aromatic carbocycles. The quantitative estimate of drug-likeness (QED) is 0.759. The first-order valence-corrected chi connectivity index (χ1v) is 9.81. The maximum absolute atomic E-state index is 5.43. The Morgan fingerprint density at radius 1 is 0.840 bits per heavy atom. The maximum Gasteiger partial charge on any atom is 0.231 e. The van der Waals surface area contributed by atoms with Crippen LogP contribution < -0.4 is 9.80 Å². The molecule has 2 aromatic rings. The number of nitrogens with zero attached hydrogens (tertiary/aromatic N) is 7. The Kier molecular flexibility index (Phi) is 5.25. The van der Waals surface area contributed by atoms with Crippen LogP contribution >= 0.6 is 23.1 Å². The van der Waals surface area contributed by atoms with Crippen molar-refractivity contribution in [1.29, 1.82) is 0 Å². The topological polar surface area (TPSA) is 89.4 Å². The van der Waals surface area contributed by atoms with Gasteiger partial charge < -0.3 is 19.3 Å². The summed E-state index contributed by atoms with van der Waals surface area (Å²) in [5, 5.41) is 9.80. The number of aryl methyl sites for hydroxylation is 1. The van der Waals surface area contributed by atoms with Crippen molar-refractivity contribution in [1.82, 2.24) is 25.1 Å². The molecule has 2 aliphatic heterocycles. The van der Waals surface area contributed by atoms with E-state index in [1.54, 1.807) is 0 Å². The Labute approximate surface area is 153 Å². The summed E-state index contributed by atoms with van der Waals surface area (Å²) in [6, 6.07) is 0. The fourth-order valence-electron chi connectivity index (χ4n) is 2.59. The summed E-state index contributed by atoms with van der Waals surface area (Å²) >= 11 is 2.97. The third-order valence-electron chi connectivity index (χ3n) is 3.87. The van der Waals surface area contributed by atoms with E-state index in [-0.39, 0.29) is 0 Å². The van der Waals surface area contributed by atoms with Crippen LogP contribution in [0.1, 0.15) is 5.01 Å². The molecular formula is C14H19N7O2S2. The van der Waals surface area contributed by atoms with E-state index < -0.39 is 0 Å². The second-order valence-corrected chi connectivity index (χ2v) is 8.00. The van der Waals surface area contributed by atoms with Gasteiger partial charge in [0.05, 0.1) is 26.4 Å². The highest BCUT2D eigenvalue weighted by Gasteiger charge is 2.21. The maximum atomic E-state index is 5.43. The summed E-state index contributed by atoms with van der Waals surface area (Å²) in [7, 11) is 0. The molecule has 0 spiro atoms. The minimum Gasteiger partial charge on any atom is -0.378 e. The number of hydrogen-bond donors (Lipinski definition) is 0. The Morgan fingerprint density at radius 2 is 1.40 bits per heavy atom. The van der Waals surface area contributed by atoms with Crippen molar-refractivity contribution in [2.45, 2.75) is 16.4 Å². The van der Waals surface area contributed by atoms with Gasteiger partial charge in [0, 0.05) is 26.2 Å². The predicted octanol–water partition coefficient (Wildman–Crippen LogP) is 0.856. The third kappa shape index (κ3) is 4.17. The first kappa shape index (κ1) is 16.9. The second kappa shape index (κ2) is 7.77. The van der Waals surface area contributed by atoms with Crippen molar-refractivity contribution in [2.75, 3.05) is 62.4 Å². The molecule has 0 radical (unpaired) electrons. The fourth-order valence-corrected chi connectivity index (χ4v) is 4.25. The number of aromatic nitrogens is 5. The molecule has 2 aromatic heterocycles. The zero-order valence-electron chi connectivity index (χ0n) is 13.9. The molecule has 4 heterocycles. The molecule has 0 atom stereocenters. The predicted molar refractivity (Wildman–Crippen MR) is 94.7 cm³/mol. The average molecular weight is 381 g/mol. The summed E-state index contributed by atoms with van der Waals surface area (Å²) in [4.78, 5) is 18.3. The minimum atomic E-state index is 0.647. The van der Waals surface area contributed by atoms with E-state index in [1.165, 1.54) is 23.1 Å². The number of ether oxygens (including phenoxy) is 2. The molecule has 9 nitrogen and oxygen atoms in total. The van der Waals surface area contributed by atoms with Gasteiger partial charge in [-0.25, -0.2) is 0 Å². The van der Waals surface area contributed by atoms with Crippen molar-refractivity contribution in [3.05, 3.63) is 5.01 Å². The van der Waals surface area contributed by atoms with Crippen LogP contribution in [0.4, 0.5) is 11.9 Å². The van der Waals surface area contributed by atoms with Crippen LogP contribution in [-0.2, 0) is 9.47 Å². The lowest BCUT2D eigenvalue weighted by Crippen LogP contribution is -2.40. The van der Waals surface area contributed by atoms with Gasteiger partial charge in [0.1, 0.15) is 5.01 Å². The molecule has 0 bridgehead atoms. The zero-order valence-corrected chi connectivity index (χ0v) is 15.6. The molecule has 0 N–H and O–H groups in total. The standard InChI is InChI=1S/C14H19N7O2S2/c1-10-18-19-14(24-10)25-13-16-11(20-2-6-22-7-3-20)15-12(17-13)21-4-8-23-9-5-21/h2-9H2,1H3. The first-order chi connectivity index (χ1) is 12.3. The van der Waals surface area contributed by atoms with Crippen molar-refractivity contribution in [2.24, 2.45) is 0 Å². The van der Waals surface area contributed by atoms with E-state index in [9.17, 15) is 0 Å². The van der Waals surface area contributed by atoms with Gasteiger partial charge in [-0.15, -0.1) is 10.2 Å². The largest absolute Gasteiger partial charge is 0.378 e. The van der Waals surface area contributed by atoms with Crippen LogP contribution in [0.2, 0.25) is 0 Å². The molecule has 0 unspecified atom stereocenters. The Balaban J connectivity index is 1.63. The lowest BCUT2D eigenvalue weighted by atomic mass is 10.4. The minimum absolute atomic E-state index is 0.647. The van der Waals surface area contributed by atoms with Crippen molar-refractivity contribution >= 4 is 35.0 Å². The van der Waals surface area contributed by atoms with E-state index in [2.05, 4.69) is 30.0 Å². The van der Waals surface area contributed by atoms with Crippen LogP contribution in [0.3, 0.4) is 0 Å². The van der Waals surface area contributed by atoms with Crippen molar-refractivity contribution in [3.63, 3.8) is 0 Å². The SMILES string of the molecule is Cc1nnc(Sc2nc(N3CCOCC3)nc(N3CCOCC3)n2)s1. The smallest absolute Gasteiger partial charge is 0.231 e. The molecule has 11 heteroatoms. The Morgan fingerprint density at radius 3 is 1.88 bits per heavy atom. The number of rotatable bonds is 4. The highest BCUT2D eigenvalue weighted by molar-refractivity contribution is 8.00. The Hall–Kier alpha value is -1.56. The van der Waals surface area contributed by atoms with Crippen LogP contribution in [0, 0.1) is 6.92 Å². The molecule has 0 aliphatic carbocycles. The molecule has 0 amide bonds.